The minimum absolute atomic E-state index is 0.0165. The van der Waals surface area contributed by atoms with Crippen molar-refractivity contribution in [3.63, 3.8) is 0 Å². The van der Waals surface area contributed by atoms with Gasteiger partial charge in [-0.2, -0.15) is 0 Å². The molecule has 8 heteroatoms. The predicted molar refractivity (Wildman–Crippen MR) is 125 cm³/mol. The van der Waals surface area contributed by atoms with E-state index in [9.17, 15) is 9.18 Å². The molecule has 1 aromatic heterocycles. The Morgan fingerprint density at radius 1 is 1.09 bits per heavy atom. The monoisotopic (exact) mass is 453 g/mol. The molecule has 0 fully saturated rings. The third-order valence-corrected chi connectivity index (χ3v) is 5.34. The molecule has 0 unspecified atom stereocenters. The Morgan fingerprint density at radius 2 is 1.85 bits per heavy atom. The number of nitrogens with one attached hydrogen (secondary N) is 1. The zero-order chi connectivity index (χ0) is 24.0. The molecule has 3 rings (SSSR count). The van der Waals surface area contributed by atoms with Crippen LogP contribution < -0.4 is 14.8 Å². The Labute approximate surface area is 192 Å². The van der Waals surface area contributed by atoms with Gasteiger partial charge in [0.2, 0.25) is 0 Å². The van der Waals surface area contributed by atoms with E-state index in [1.165, 1.54) is 23.5 Å². The average Bonchev–Trinajstić information content (AvgIpc) is 2.78. The molecule has 0 aliphatic heterocycles. The molecule has 0 aliphatic carbocycles. The zero-order valence-electron chi connectivity index (χ0n) is 19.2. The third-order valence-electron chi connectivity index (χ3n) is 5.34. The number of anilines is 1. The van der Waals surface area contributed by atoms with Crippen LogP contribution in [0.1, 0.15) is 29.2 Å². The molecule has 3 aromatic rings. The van der Waals surface area contributed by atoms with Crippen molar-refractivity contribution < 1.29 is 23.8 Å². The number of methoxy groups -OCH3 is 1. The first-order chi connectivity index (χ1) is 15.8. The summed E-state index contributed by atoms with van der Waals surface area (Å²) in [6, 6.07) is 8.76. The topological polar surface area (TPSA) is 93.6 Å². The van der Waals surface area contributed by atoms with Crippen LogP contribution in [0.3, 0.4) is 0 Å². The van der Waals surface area contributed by atoms with E-state index in [4.69, 9.17) is 14.6 Å². The molecule has 7 nitrogen and oxygen atoms in total. The van der Waals surface area contributed by atoms with Crippen LogP contribution >= 0.6 is 0 Å². The molecule has 0 bridgehead atoms. The highest BCUT2D eigenvalue weighted by Crippen LogP contribution is 2.30. The summed E-state index contributed by atoms with van der Waals surface area (Å²) in [7, 11) is 1.66. The number of nitrogens with zero attached hydrogens (tertiary/aromatic N) is 2. The van der Waals surface area contributed by atoms with Gasteiger partial charge in [0.15, 0.2) is 0 Å². The summed E-state index contributed by atoms with van der Waals surface area (Å²) in [5, 5.41) is 12.3. The number of aliphatic carboxylic acids is 1. The Morgan fingerprint density at radius 3 is 2.55 bits per heavy atom. The third kappa shape index (κ3) is 5.97. The van der Waals surface area contributed by atoms with Crippen molar-refractivity contribution in [3.05, 3.63) is 64.7 Å². The van der Waals surface area contributed by atoms with E-state index in [1.807, 2.05) is 6.07 Å². The van der Waals surface area contributed by atoms with Gasteiger partial charge in [-0.1, -0.05) is 6.07 Å². The SMILES string of the molecule is CCOc1cc(-c2cc(NCCc3cc(C)c(C)cc3OC)ncn2)cc(F)c1CC(=O)O. The highest BCUT2D eigenvalue weighted by Gasteiger charge is 2.17. The van der Waals surface area contributed by atoms with Crippen molar-refractivity contribution in [2.24, 2.45) is 0 Å². The second kappa shape index (κ2) is 10.8. The van der Waals surface area contributed by atoms with E-state index in [0.29, 0.717) is 23.6 Å². The number of rotatable bonds is 10. The lowest BCUT2D eigenvalue weighted by molar-refractivity contribution is -0.136. The largest absolute Gasteiger partial charge is 0.496 e. The number of carbonyl (C=O) groups is 1. The number of carboxylic acids is 1. The molecule has 0 spiro atoms. The van der Waals surface area contributed by atoms with E-state index in [2.05, 4.69) is 35.2 Å². The van der Waals surface area contributed by atoms with Crippen LogP contribution in [0.15, 0.2) is 36.7 Å². The van der Waals surface area contributed by atoms with Gasteiger partial charge >= 0.3 is 5.97 Å². The molecule has 1 heterocycles. The van der Waals surface area contributed by atoms with E-state index in [0.717, 1.165) is 17.7 Å². The Bertz CT molecular complexity index is 1150. The summed E-state index contributed by atoms with van der Waals surface area (Å²) in [5.74, 6) is -0.130. The first kappa shape index (κ1) is 24.0. The van der Waals surface area contributed by atoms with Gasteiger partial charge in [-0.05, 0) is 62.1 Å². The first-order valence-corrected chi connectivity index (χ1v) is 10.7. The van der Waals surface area contributed by atoms with Crippen LogP contribution in [0.2, 0.25) is 0 Å². The number of benzene rings is 2. The van der Waals surface area contributed by atoms with Gasteiger partial charge in [-0.15, -0.1) is 0 Å². The number of aromatic nitrogens is 2. The summed E-state index contributed by atoms with van der Waals surface area (Å²) in [4.78, 5) is 19.6. The van der Waals surface area contributed by atoms with Crippen LogP contribution in [0.5, 0.6) is 11.5 Å². The van der Waals surface area contributed by atoms with Crippen LogP contribution in [-0.2, 0) is 17.6 Å². The highest BCUT2D eigenvalue weighted by molar-refractivity contribution is 5.73. The number of carboxylic acid groups (broad SMARTS) is 1. The van der Waals surface area contributed by atoms with Gasteiger partial charge in [0, 0.05) is 23.7 Å². The predicted octanol–water partition coefficient (Wildman–Crippen LogP) is 4.59. The van der Waals surface area contributed by atoms with Crippen molar-refractivity contribution in [2.75, 3.05) is 25.6 Å². The highest BCUT2D eigenvalue weighted by atomic mass is 19.1. The summed E-state index contributed by atoms with van der Waals surface area (Å²) in [6.07, 6.45) is 1.67. The van der Waals surface area contributed by atoms with E-state index < -0.39 is 18.2 Å². The number of aryl methyl sites for hydroxylation is 2. The molecule has 2 N–H and O–H groups in total. The zero-order valence-corrected chi connectivity index (χ0v) is 19.2. The number of ether oxygens (including phenoxy) is 2. The molecular formula is C25H28FN3O4. The number of hydrogen-bond donors (Lipinski definition) is 2. The number of halogens is 1. The molecule has 0 saturated carbocycles. The lowest BCUT2D eigenvalue weighted by atomic mass is 10.0. The Hall–Kier alpha value is -3.68. The second-order valence-electron chi connectivity index (χ2n) is 7.65. The normalized spacial score (nSPS) is 10.7. The van der Waals surface area contributed by atoms with Gasteiger partial charge < -0.3 is 19.9 Å². The minimum Gasteiger partial charge on any atom is -0.496 e. The molecule has 174 valence electrons. The summed E-state index contributed by atoms with van der Waals surface area (Å²) < 4.78 is 25.7. The maximum atomic E-state index is 14.7. The van der Waals surface area contributed by atoms with E-state index in [1.54, 1.807) is 26.2 Å². The minimum atomic E-state index is -1.13. The fourth-order valence-corrected chi connectivity index (χ4v) is 3.54. The first-order valence-electron chi connectivity index (χ1n) is 10.7. The van der Waals surface area contributed by atoms with Crippen molar-refractivity contribution in [1.29, 1.82) is 0 Å². The van der Waals surface area contributed by atoms with Crippen LogP contribution in [0.25, 0.3) is 11.3 Å². The van der Waals surface area contributed by atoms with Crippen LogP contribution in [0.4, 0.5) is 10.2 Å². The molecule has 0 saturated heterocycles. The molecule has 0 radical (unpaired) electrons. The molecule has 0 atom stereocenters. The van der Waals surface area contributed by atoms with Crippen LogP contribution in [0, 0.1) is 19.7 Å². The van der Waals surface area contributed by atoms with Gasteiger partial charge in [0.1, 0.15) is 29.5 Å². The van der Waals surface area contributed by atoms with Crippen LogP contribution in [-0.4, -0.2) is 41.3 Å². The number of hydrogen-bond acceptors (Lipinski definition) is 6. The Balaban J connectivity index is 1.79. The lowest BCUT2D eigenvalue weighted by Gasteiger charge is -2.14. The molecule has 0 amide bonds. The second-order valence-corrected chi connectivity index (χ2v) is 7.65. The summed E-state index contributed by atoms with van der Waals surface area (Å²) >= 11 is 0. The van der Waals surface area contributed by atoms with Crippen molar-refractivity contribution in [3.8, 4) is 22.8 Å². The lowest BCUT2D eigenvalue weighted by Crippen LogP contribution is -2.08. The van der Waals surface area contributed by atoms with Gasteiger partial charge in [0.05, 0.1) is 25.8 Å². The van der Waals surface area contributed by atoms with E-state index >= 15 is 0 Å². The quantitative estimate of drug-likeness (QED) is 0.464. The van der Waals surface area contributed by atoms with Gasteiger partial charge in [0.25, 0.3) is 0 Å². The standard InChI is InChI=1S/C25H28FN3O4/c1-5-33-23-11-18(10-20(26)19(23)12-25(30)31)21-13-24(29-14-28-21)27-7-6-17-8-15(2)16(3)9-22(17)32-4/h8-11,13-14H,5-7,12H2,1-4H3,(H,30,31)(H,27,28,29). The van der Waals surface area contributed by atoms with Crippen molar-refractivity contribution in [2.45, 2.75) is 33.6 Å². The van der Waals surface area contributed by atoms with Gasteiger partial charge in [-0.25, -0.2) is 14.4 Å². The van der Waals surface area contributed by atoms with Crippen molar-refractivity contribution in [1.82, 2.24) is 9.97 Å². The summed E-state index contributed by atoms with van der Waals surface area (Å²) in [6.45, 7) is 6.78. The smallest absolute Gasteiger partial charge is 0.308 e. The average molecular weight is 454 g/mol. The fraction of sp³-hybridized carbons (Fsp3) is 0.320. The van der Waals surface area contributed by atoms with Crippen molar-refractivity contribution >= 4 is 11.8 Å². The van der Waals surface area contributed by atoms with Gasteiger partial charge in [-0.3, -0.25) is 4.79 Å². The summed E-state index contributed by atoms with van der Waals surface area (Å²) in [5.41, 5.74) is 4.47. The molecule has 0 aliphatic rings. The maximum absolute atomic E-state index is 14.7. The van der Waals surface area contributed by atoms with E-state index in [-0.39, 0.29) is 17.9 Å². The molecule has 2 aromatic carbocycles. The maximum Gasteiger partial charge on any atom is 0.308 e. The molecular weight excluding hydrogens is 425 g/mol. The molecule has 33 heavy (non-hydrogen) atoms. The fourth-order valence-electron chi connectivity index (χ4n) is 3.54. The Kier molecular flexibility index (Phi) is 7.82.